The van der Waals surface area contributed by atoms with E-state index in [1.165, 1.54) is 5.56 Å². The minimum atomic E-state index is -0.220. The van der Waals surface area contributed by atoms with E-state index in [-0.39, 0.29) is 17.7 Å². The molecule has 2 heterocycles. The molecule has 1 aromatic heterocycles. The molecule has 3 aromatic rings. The van der Waals surface area contributed by atoms with Crippen molar-refractivity contribution in [2.45, 2.75) is 53.0 Å². The number of hydrogen-bond donors (Lipinski definition) is 2. The fourth-order valence-electron chi connectivity index (χ4n) is 4.52. The van der Waals surface area contributed by atoms with Crippen molar-refractivity contribution in [1.82, 2.24) is 15.1 Å². The number of aromatic nitrogens is 2. The molecule has 1 amide bonds. The number of hydrogen-bond acceptors (Lipinski definition) is 3. The average molecular weight is 404 g/mol. The molecule has 4 rings (SSSR count). The molecule has 0 saturated heterocycles. The van der Waals surface area contributed by atoms with Crippen LogP contribution in [0.4, 0.5) is 0 Å². The summed E-state index contributed by atoms with van der Waals surface area (Å²) in [5, 5.41) is 18.2. The summed E-state index contributed by atoms with van der Waals surface area (Å²) in [5.41, 5.74) is 6.99. The fraction of sp³-hybridized carbons (Fsp3) is 0.360. The number of carbonyl (C=O) groups is 1. The van der Waals surface area contributed by atoms with Crippen LogP contribution >= 0.6 is 0 Å². The molecule has 156 valence electrons. The largest absolute Gasteiger partial charge is 0.507 e. The van der Waals surface area contributed by atoms with Gasteiger partial charge in [0.15, 0.2) is 0 Å². The highest BCUT2D eigenvalue weighted by Gasteiger charge is 2.42. The van der Waals surface area contributed by atoms with Crippen LogP contribution in [0.2, 0.25) is 0 Å². The normalized spacial score (nSPS) is 15.9. The SMILES string of the molecule is CCCN1C(=O)c2[nH]nc(-c3c(C)cc(C)cc3O)c2C1c1ccc(C(C)C)cc1. The number of nitrogens with one attached hydrogen (secondary N) is 1. The van der Waals surface area contributed by atoms with E-state index in [0.29, 0.717) is 29.4 Å². The molecular weight excluding hydrogens is 374 g/mol. The lowest BCUT2D eigenvalue weighted by molar-refractivity contribution is 0.0744. The molecule has 0 aliphatic carbocycles. The lowest BCUT2D eigenvalue weighted by atomic mass is 9.92. The number of carbonyl (C=O) groups excluding carboxylic acids is 1. The number of aryl methyl sites for hydroxylation is 2. The minimum Gasteiger partial charge on any atom is -0.507 e. The summed E-state index contributed by atoms with van der Waals surface area (Å²) in [7, 11) is 0. The molecule has 1 unspecified atom stereocenters. The summed E-state index contributed by atoms with van der Waals surface area (Å²) in [6, 6.07) is 12.1. The Morgan fingerprint density at radius 2 is 1.87 bits per heavy atom. The summed E-state index contributed by atoms with van der Waals surface area (Å²) in [5.74, 6) is 0.605. The first-order valence-corrected chi connectivity index (χ1v) is 10.6. The fourth-order valence-corrected chi connectivity index (χ4v) is 4.52. The van der Waals surface area contributed by atoms with Gasteiger partial charge in [-0.3, -0.25) is 9.89 Å². The van der Waals surface area contributed by atoms with Crippen LogP contribution in [0.3, 0.4) is 0 Å². The number of H-pyrrole nitrogens is 1. The molecule has 1 atom stereocenters. The van der Waals surface area contributed by atoms with Crippen LogP contribution in [0, 0.1) is 13.8 Å². The van der Waals surface area contributed by atoms with Crippen LogP contribution < -0.4 is 0 Å². The van der Waals surface area contributed by atoms with Gasteiger partial charge >= 0.3 is 0 Å². The quantitative estimate of drug-likeness (QED) is 0.593. The third-order valence-electron chi connectivity index (χ3n) is 5.94. The molecule has 1 aliphatic rings. The maximum atomic E-state index is 13.2. The van der Waals surface area contributed by atoms with Gasteiger partial charge in [-0.1, -0.05) is 51.1 Å². The summed E-state index contributed by atoms with van der Waals surface area (Å²) in [6.45, 7) is 11.0. The van der Waals surface area contributed by atoms with Gasteiger partial charge in [0, 0.05) is 17.7 Å². The maximum absolute atomic E-state index is 13.2. The molecule has 0 bridgehead atoms. The predicted octanol–water partition coefficient (Wildman–Crippen LogP) is 5.48. The molecule has 30 heavy (non-hydrogen) atoms. The number of phenolic OH excluding ortho intramolecular Hbond substituents is 1. The van der Waals surface area contributed by atoms with Crippen molar-refractivity contribution >= 4 is 5.91 Å². The summed E-state index contributed by atoms with van der Waals surface area (Å²) < 4.78 is 0. The second-order valence-corrected chi connectivity index (χ2v) is 8.56. The lowest BCUT2D eigenvalue weighted by Gasteiger charge is -2.26. The van der Waals surface area contributed by atoms with Crippen LogP contribution in [0.1, 0.15) is 77.5 Å². The molecular formula is C25H29N3O2. The number of benzene rings is 2. The van der Waals surface area contributed by atoms with Gasteiger partial charge in [-0.25, -0.2) is 0 Å². The molecule has 2 N–H and O–H groups in total. The smallest absolute Gasteiger partial charge is 0.273 e. The first-order chi connectivity index (χ1) is 14.3. The van der Waals surface area contributed by atoms with Gasteiger partial charge in [-0.05, 0) is 54.5 Å². The third-order valence-corrected chi connectivity index (χ3v) is 5.94. The van der Waals surface area contributed by atoms with E-state index in [4.69, 9.17) is 0 Å². The molecule has 2 aromatic carbocycles. The monoisotopic (exact) mass is 403 g/mol. The first-order valence-electron chi connectivity index (χ1n) is 10.6. The van der Waals surface area contributed by atoms with Gasteiger partial charge in [0.05, 0.1) is 6.04 Å². The number of aromatic amines is 1. The summed E-state index contributed by atoms with van der Waals surface area (Å²) in [4.78, 5) is 15.1. The average Bonchev–Trinajstić information content (AvgIpc) is 3.21. The number of rotatable bonds is 5. The van der Waals surface area contributed by atoms with E-state index >= 15 is 0 Å². The van der Waals surface area contributed by atoms with E-state index in [2.05, 4.69) is 55.2 Å². The van der Waals surface area contributed by atoms with Crippen LogP contribution in [0.25, 0.3) is 11.3 Å². The van der Waals surface area contributed by atoms with E-state index in [1.807, 2.05) is 24.8 Å². The molecule has 0 saturated carbocycles. The van der Waals surface area contributed by atoms with Crippen LogP contribution in [0.15, 0.2) is 36.4 Å². The highest BCUT2D eigenvalue weighted by atomic mass is 16.3. The molecule has 0 spiro atoms. The summed E-state index contributed by atoms with van der Waals surface area (Å²) in [6.07, 6.45) is 0.869. The minimum absolute atomic E-state index is 0.0345. The summed E-state index contributed by atoms with van der Waals surface area (Å²) >= 11 is 0. The van der Waals surface area contributed by atoms with Crippen molar-refractivity contribution in [2.24, 2.45) is 0 Å². The standard InChI is InChI=1S/C25H29N3O2/c1-6-11-28-24(18-9-7-17(8-10-18)14(2)3)21-22(26-27-23(21)25(28)30)20-16(5)12-15(4)13-19(20)29/h7-10,12-14,24,29H,6,11H2,1-5H3,(H,26,27). The van der Waals surface area contributed by atoms with E-state index < -0.39 is 0 Å². The number of aromatic hydroxyl groups is 1. The Morgan fingerprint density at radius 3 is 2.47 bits per heavy atom. The second kappa shape index (κ2) is 7.63. The molecule has 0 radical (unpaired) electrons. The van der Waals surface area contributed by atoms with Crippen molar-refractivity contribution in [3.8, 4) is 17.0 Å². The number of fused-ring (bicyclic) bond motifs is 1. The third kappa shape index (κ3) is 3.18. The van der Waals surface area contributed by atoms with Gasteiger partial charge in [0.25, 0.3) is 5.91 Å². The molecule has 0 fully saturated rings. The second-order valence-electron chi connectivity index (χ2n) is 8.56. The zero-order chi connectivity index (χ0) is 21.6. The van der Waals surface area contributed by atoms with Gasteiger partial charge in [0.2, 0.25) is 0 Å². The van der Waals surface area contributed by atoms with Crippen molar-refractivity contribution in [1.29, 1.82) is 0 Å². The van der Waals surface area contributed by atoms with E-state index in [9.17, 15) is 9.90 Å². The van der Waals surface area contributed by atoms with E-state index in [1.54, 1.807) is 6.07 Å². The zero-order valence-corrected chi connectivity index (χ0v) is 18.3. The molecule has 5 nitrogen and oxygen atoms in total. The Kier molecular flexibility index (Phi) is 5.14. The van der Waals surface area contributed by atoms with Crippen molar-refractivity contribution in [2.75, 3.05) is 6.54 Å². The van der Waals surface area contributed by atoms with Crippen LogP contribution in [-0.4, -0.2) is 32.7 Å². The Morgan fingerprint density at radius 1 is 1.17 bits per heavy atom. The number of nitrogens with zero attached hydrogens (tertiary/aromatic N) is 2. The molecule has 1 aliphatic heterocycles. The molecule has 5 heteroatoms. The Balaban J connectivity index is 1.90. The Hall–Kier alpha value is -3.08. The lowest BCUT2D eigenvalue weighted by Crippen LogP contribution is -2.30. The van der Waals surface area contributed by atoms with Gasteiger partial charge < -0.3 is 10.0 Å². The van der Waals surface area contributed by atoms with Gasteiger partial charge in [-0.15, -0.1) is 0 Å². The zero-order valence-electron chi connectivity index (χ0n) is 18.3. The maximum Gasteiger partial charge on any atom is 0.273 e. The first kappa shape index (κ1) is 20.2. The van der Waals surface area contributed by atoms with Gasteiger partial charge in [-0.2, -0.15) is 5.10 Å². The van der Waals surface area contributed by atoms with E-state index in [0.717, 1.165) is 28.7 Å². The highest BCUT2D eigenvalue weighted by molar-refractivity contribution is 6.00. The Bertz CT molecular complexity index is 1070. The van der Waals surface area contributed by atoms with Crippen molar-refractivity contribution < 1.29 is 9.90 Å². The highest BCUT2D eigenvalue weighted by Crippen LogP contribution is 2.45. The van der Waals surface area contributed by atoms with Crippen LogP contribution in [0.5, 0.6) is 5.75 Å². The van der Waals surface area contributed by atoms with Gasteiger partial charge in [0.1, 0.15) is 17.1 Å². The van der Waals surface area contributed by atoms with Crippen molar-refractivity contribution in [3.05, 3.63) is 69.9 Å². The van der Waals surface area contributed by atoms with Crippen molar-refractivity contribution in [3.63, 3.8) is 0 Å². The number of amides is 1. The predicted molar refractivity (Wildman–Crippen MR) is 119 cm³/mol. The number of phenols is 1. The Labute approximate surface area is 177 Å². The topological polar surface area (TPSA) is 69.2 Å². The van der Waals surface area contributed by atoms with Crippen LogP contribution in [-0.2, 0) is 0 Å².